The van der Waals surface area contributed by atoms with Crippen molar-refractivity contribution in [1.82, 2.24) is 20.1 Å². The normalized spacial score (nSPS) is 17.3. The molecule has 3 rings (SSSR count). The fourth-order valence-corrected chi connectivity index (χ4v) is 3.75. The van der Waals surface area contributed by atoms with Crippen molar-refractivity contribution < 1.29 is 4.79 Å². The Bertz CT molecular complexity index is 648. The number of amides is 2. The number of nitrogens with one attached hydrogen (secondary N) is 2. The minimum atomic E-state index is -0.215. The van der Waals surface area contributed by atoms with Crippen LogP contribution in [0.3, 0.4) is 0 Å². The second kappa shape index (κ2) is 5.85. The van der Waals surface area contributed by atoms with Gasteiger partial charge < -0.3 is 5.32 Å². The number of hydrogen-bond donors (Lipinski definition) is 2. The Kier molecular flexibility index (Phi) is 3.92. The highest BCUT2D eigenvalue weighted by atomic mass is 32.1. The molecule has 1 aliphatic carbocycles. The molecule has 0 aliphatic heterocycles. The summed E-state index contributed by atoms with van der Waals surface area (Å²) in [7, 11) is 1.82. The van der Waals surface area contributed by atoms with Crippen LogP contribution in [-0.4, -0.2) is 27.3 Å². The summed E-state index contributed by atoms with van der Waals surface area (Å²) in [5, 5.41) is 10.9. The molecule has 1 aliphatic rings. The van der Waals surface area contributed by atoms with Gasteiger partial charge in [0.15, 0.2) is 5.82 Å². The molecule has 0 bridgehead atoms. The average molecular weight is 305 g/mol. The number of carbonyl (C=O) groups excluding carboxylic acids is 1. The molecule has 2 aromatic rings. The van der Waals surface area contributed by atoms with Gasteiger partial charge in [-0.3, -0.25) is 10.00 Å². The minimum Gasteiger partial charge on any atom is -0.337 e. The van der Waals surface area contributed by atoms with Gasteiger partial charge in [0.2, 0.25) is 0 Å². The number of fused-ring (bicyclic) bond motifs is 1. The predicted octanol–water partition coefficient (Wildman–Crippen LogP) is 2.43. The largest absolute Gasteiger partial charge is 0.337 e. The van der Waals surface area contributed by atoms with Gasteiger partial charge in [0.1, 0.15) is 0 Å². The van der Waals surface area contributed by atoms with Crippen molar-refractivity contribution in [3.05, 3.63) is 27.8 Å². The van der Waals surface area contributed by atoms with E-state index in [0.29, 0.717) is 18.3 Å². The first kappa shape index (κ1) is 14.1. The highest BCUT2D eigenvalue weighted by molar-refractivity contribution is 7.11. The number of urea groups is 1. The summed E-state index contributed by atoms with van der Waals surface area (Å²) in [5.41, 5.74) is 1.18. The number of aryl methyl sites for hydroxylation is 3. The van der Waals surface area contributed by atoms with Gasteiger partial charge in [-0.1, -0.05) is 0 Å². The second-order valence-corrected chi connectivity index (χ2v) is 6.63. The zero-order valence-electron chi connectivity index (χ0n) is 12.2. The van der Waals surface area contributed by atoms with Crippen LogP contribution in [-0.2, 0) is 13.5 Å². The molecule has 21 heavy (non-hydrogen) atoms. The number of carbonyl (C=O) groups is 1. The second-order valence-electron chi connectivity index (χ2n) is 5.34. The van der Waals surface area contributed by atoms with E-state index in [1.54, 1.807) is 28.3 Å². The number of thiazole rings is 1. The van der Waals surface area contributed by atoms with Gasteiger partial charge in [0.05, 0.1) is 10.7 Å². The van der Waals surface area contributed by atoms with E-state index in [4.69, 9.17) is 0 Å². The van der Waals surface area contributed by atoms with Crippen LogP contribution >= 0.6 is 11.3 Å². The smallest absolute Gasteiger partial charge is 0.320 e. The number of rotatable bonds is 3. The van der Waals surface area contributed by atoms with Gasteiger partial charge >= 0.3 is 6.03 Å². The van der Waals surface area contributed by atoms with Gasteiger partial charge in [-0.05, 0) is 26.2 Å². The van der Waals surface area contributed by atoms with Gasteiger partial charge in [0.25, 0.3) is 0 Å². The van der Waals surface area contributed by atoms with E-state index in [2.05, 4.69) is 20.7 Å². The van der Waals surface area contributed by atoms with Crippen molar-refractivity contribution >= 4 is 23.2 Å². The lowest BCUT2D eigenvalue weighted by molar-refractivity contribution is 0.251. The molecule has 0 aromatic carbocycles. The van der Waals surface area contributed by atoms with E-state index in [9.17, 15) is 4.79 Å². The van der Waals surface area contributed by atoms with Crippen LogP contribution in [0.4, 0.5) is 10.6 Å². The molecule has 6 nitrogen and oxygen atoms in total. The molecule has 0 spiro atoms. The first-order valence-electron chi connectivity index (χ1n) is 7.12. The van der Waals surface area contributed by atoms with E-state index in [0.717, 1.165) is 17.8 Å². The number of hydrogen-bond acceptors (Lipinski definition) is 4. The molecular formula is C14H19N5OS. The quantitative estimate of drug-likeness (QED) is 0.915. The molecule has 112 valence electrons. The fraction of sp³-hybridized carbons (Fsp3) is 0.500. The van der Waals surface area contributed by atoms with Crippen LogP contribution in [0.1, 0.15) is 34.3 Å². The van der Waals surface area contributed by atoms with Crippen LogP contribution in [0.15, 0.2) is 12.3 Å². The van der Waals surface area contributed by atoms with Gasteiger partial charge in [0, 0.05) is 36.7 Å². The van der Waals surface area contributed by atoms with E-state index in [1.165, 1.54) is 17.0 Å². The van der Waals surface area contributed by atoms with Crippen LogP contribution < -0.4 is 10.6 Å². The summed E-state index contributed by atoms with van der Waals surface area (Å²) in [5.74, 6) is 0.886. The molecular weight excluding hydrogens is 286 g/mol. The number of anilines is 1. The van der Waals surface area contributed by atoms with Gasteiger partial charge in [-0.2, -0.15) is 5.10 Å². The summed E-state index contributed by atoms with van der Waals surface area (Å²) in [4.78, 5) is 17.9. The maximum atomic E-state index is 11.9. The third-order valence-corrected chi connectivity index (χ3v) is 4.69. The monoisotopic (exact) mass is 305 g/mol. The fourth-order valence-electron chi connectivity index (χ4n) is 2.69. The maximum absolute atomic E-state index is 11.9. The highest BCUT2D eigenvalue weighted by Crippen LogP contribution is 2.34. The standard InChI is InChI=1S/C14H19N5OS/c1-9-16-13-10(4-3-5-11(13)21-9)8-15-14(20)17-12-6-7-19(2)18-12/h6-7,10H,3-5,8H2,1-2H3,(H2,15,17,18,20)/t10-/m1/s1. The minimum absolute atomic E-state index is 0.215. The summed E-state index contributed by atoms with van der Waals surface area (Å²) in [6.07, 6.45) is 5.17. The van der Waals surface area contributed by atoms with E-state index in [1.807, 2.05) is 14.0 Å². The van der Waals surface area contributed by atoms with Crippen LogP contribution in [0.25, 0.3) is 0 Å². The molecule has 1 atom stereocenters. The number of aromatic nitrogens is 3. The molecule has 2 aromatic heterocycles. The first-order chi connectivity index (χ1) is 10.1. The summed E-state index contributed by atoms with van der Waals surface area (Å²) in [6, 6.07) is 1.55. The third kappa shape index (κ3) is 3.24. The Labute approximate surface area is 127 Å². The Hall–Kier alpha value is -1.89. The lowest BCUT2D eigenvalue weighted by Gasteiger charge is -2.21. The number of nitrogens with zero attached hydrogens (tertiary/aromatic N) is 3. The van der Waals surface area contributed by atoms with Crippen molar-refractivity contribution in [2.75, 3.05) is 11.9 Å². The molecule has 0 unspecified atom stereocenters. The lowest BCUT2D eigenvalue weighted by atomic mass is 9.91. The highest BCUT2D eigenvalue weighted by Gasteiger charge is 2.24. The van der Waals surface area contributed by atoms with E-state index in [-0.39, 0.29) is 6.03 Å². The zero-order valence-corrected chi connectivity index (χ0v) is 13.0. The lowest BCUT2D eigenvalue weighted by Crippen LogP contribution is -2.33. The summed E-state index contributed by atoms with van der Waals surface area (Å²) < 4.78 is 1.65. The summed E-state index contributed by atoms with van der Waals surface area (Å²) in [6.45, 7) is 2.66. The van der Waals surface area contributed by atoms with E-state index < -0.39 is 0 Å². The molecule has 2 amide bonds. The Morgan fingerprint density at radius 3 is 3.19 bits per heavy atom. The molecule has 2 N–H and O–H groups in total. The van der Waals surface area contributed by atoms with Crippen LogP contribution in [0, 0.1) is 6.92 Å². The van der Waals surface area contributed by atoms with Crippen molar-refractivity contribution in [3.8, 4) is 0 Å². The van der Waals surface area contributed by atoms with Crippen molar-refractivity contribution in [3.63, 3.8) is 0 Å². The Morgan fingerprint density at radius 1 is 1.57 bits per heavy atom. The van der Waals surface area contributed by atoms with Gasteiger partial charge in [-0.25, -0.2) is 9.78 Å². The molecule has 0 saturated carbocycles. The average Bonchev–Trinajstić information content (AvgIpc) is 3.01. The molecule has 7 heteroatoms. The maximum Gasteiger partial charge on any atom is 0.320 e. The van der Waals surface area contributed by atoms with Crippen molar-refractivity contribution in [2.45, 2.75) is 32.1 Å². The third-order valence-electron chi connectivity index (χ3n) is 3.64. The Balaban J connectivity index is 1.57. The van der Waals surface area contributed by atoms with Gasteiger partial charge in [-0.15, -0.1) is 11.3 Å². The zero-order chi connectivity index (χ0) is 14.8. The van der Waals surface area contributed by atoms with Crippen LogP contribution in [0.2, 0.25) is 0 Å². The molecule has 0 fully saturated rings. The van der Waals surface area contributed by atoms with E-state index >= 15 is 0 Å². The Morgan fingerprint density at radius 2 is 2.43 bits per heavy atom. The topological polar surface area (TPSA) is 71.8 Å². The molecule has 2 heterocycles. The van der Waals surface area contributed by atoms with Crippen molar-refractivity contribution in [1.29, 1.82) is 0 Å². The van der Waals surface area contributed by atoms with Crippen molar-refractivity contribution in [2.24, 2.45) is 7.05 Å². The first-order valence-corrected chi connectivity index (χ1v) is 7.94. The SMILES string of the molecule is Cc1nc2c(s1)CCC[C@@H]2CNC(=O)Nc1ccn(C)n1. The molecule has 0 saturated heterocycles. The molecule has 0 radical (unpaired) electrons. The summed E-state index contributed by atoms with van der Waals surface area (Å²) >= 11 is 1.78. The van der Waals surface area contributed by atoms with Crippen LogP contribution in [0.5, 0.6) is 0 Å². The predicted molar refractivity (Wildman–Crippen MR) is 82.8 cm³/mol.